The molecule has 3 heterocycles. The molecule has 32 heavy (non-hydrogen) atoms. The molecular formula is C21H27Cl2N7O2. The molecule has 1 saturated carbocycles. The topological polar surface area (TPSA) is 95.5 Å². The van der Waals surface area contributed by atoms with Crippen molar-refractivity contribution in [2.75, 3.05) is 30.4 Å². The minimum Gasteiger partial charge on any atom is -0.465 e. The Balaban J connectivity index is 1.83. The molecule has 2 atom stereocenters. The van der Waals surface area contributed by atoms with Gasteiger partial charge in [-0.1, -0.05) is 18.9 Å². The van der Waals surface area contributed by atoms with Crippen LogP contribution in [0.15, 0.2) is 24.4 Å². The zero-order valence-electron chi connectivity index (χ0n) is 18.1. The van der Waals surface area contributed by atoms with Crippen molar-refractivity contribution in [2.24, 2.45) is 0 Å². The SMILES string of the molecule is COC(=O)c1c(C)nc(N(c2ccccn2)C2C(Cl)NCCN2Cl)nc1NC1CCCC1. The zero-order chi connectivity index (χ0) is 22.7. The fourth-order valence-electron chi connectivity index (χ4n) is 4.18. The molecule has 1 aliphatic carbocycles. The van der Waals surface area contributed by atoms with E-state index in [1.54, 1.807) is 22.4 Å². The summed E-state index contributed by atoms with van der Waals surface area (Å²) in [6.45, 7) is 2.99. The van der Waals surface area contributed by atoms with Crippen LogP contribution in [-0.2, 0) is 4.74 Å². The normalized spacial score (nSPS) is 22.0. The Kier molecular flexibility index (Phi) is 7.30. The van der Waals surface area contributed by atoms with Crippen molar-refractivity contribution in [3.63, 3.8) is 0 Å². The van der Waals surface area contributed by atoms with Crippen molar-refractivity contribution in [3.05, 3.63) is 35.7 Å². The number of anilines is 3. The number of nitrogens with one attached hydrogen (secondary N) is 2. The average Bonchev–Trinajstić information content (AvgIpc) is 3.29. The first-order valence-electron chi connectivity index (χ1n) is 10.7. The van der Waals surface area contributed by atoms with E-state index in [1.165, 1.54) is 7.11 Å². The van der Waals surface area contributed by atoms with Crippen LogP contribution in [0.5, 0.6) is 0 Å². The number of piperazine rings is 1. The minimum absolute atomic E-state index is 0.241. The van der Waals surface area contributed by atoms with E-state index in [0.717, 1.165) is 25.7 Å². The van der Waals surface area contributed by atoms with Gasteiger partial charge < -0.3 is 10.1 Å². The lowest BCUT2D eigenvalue weighted by atomic mass is 10.2. The maximum Gasteiger partial charge on any atom is 0.343 e. The van der Waals surface area contributed by atoms with Gasteiger partial charge in [0.25, 0.3) is 0 Å². The molecule has 2 aromatic heterocycles. The molecule has 1 saturated heterocycles. The minimum atomic E-state index is -0.510. The number of aryl methyl sites for hydroxylation is 1. The summed E-state index contributed by atoms with van der Waals surface area (Å²) >= 11 is 13.2. The predicted molar refractivity (Wildman–Crippen MR) is 124 cm³/mol. The van der Waals surface area contributed by atoms with Crippen molar-refractivity contribution in [3.8, 4) is 0 Å². The lowest BCUT2D eigenvalue weighted by molar-refractivity contribution is 0.0600. The molecule has 2 aliphatic rings. The number of carbonyl (C=O) groups excluding carboxylic acids is 1. The van der Waals surface area contributed by atoms with Gasteiger partial charge in [0.2, 0.25) is 5.95 Å². The summed E-state index contributed by atoms with van der Waals surface area (Å²) < 4.78 is 6.64. The molecule has 0 amide bonds. The number of ether oxygens (including phenoxy) is 1. The Hall–Kier alpha value is -2.20. The quantitative estimate of drug-likeness (QED) is 0.279. The standard InChI is InChI=1S/C21H27Cl2N7O2/c1-13-16(20(31)32-2)18(27-14-7-3-4-8-14)28-21(26-13)30(15-9-5-6-10-24-15)19-17(22)25-11-12-29(19)23/h5-6,9-10,14,17,19,25H,3-4,7-8,11-12H2,1-2H3,(H,26,27,28). The number of rotatable bonds is 6. The number of hydrogen-bond acceptors (Lipinski definition) is 9. The Labute approximate surface area is 197 Å². The second kappa shape index (κ2) is 10.2. The molecule has 1 aliphatic heterocycles. The number of aromatic nitrogens is 3. The first-order valence-corrected chi connectivity index (χ1v) is 11.5. The molecule has 2 fully saturated rings. The van der Waals surface area contributed by atoms with Gasteiger partial charge in [0.1, 0.15) is 28.9 Å². The first-order chi connectivity index (χ1) is 15.5. The third-order valence-corrected chi connectivity index (χ3v) is 6.50. The van der Waals surface area contributed by atoms with E-state index in [0.29, 0.717) is 41.9 Å². The highest BCUT2D eigenvalue weighted by molar-refractivity contribution is 6.22. The lowest BCUT2D eigenvalue weighted by Gasteiger charge is -2.41. The summed E-state index contributed by atoms with van der Waals surface area (Å²) in [5.41, 5.74) is 0.328. The van der Waals surface area contributed by atoms with Crippen LogP contribution in [0.25, 0.3) is 0 Å². The third-order valence-electron chi connectivity index (χ3n) is 5.75. The Morgan fingerprint density at radius 1 is 1.31 bits per heavy atom. The van der Waals surface area contributed by atoms with Crippen molar-refractivity contribution >= 4 is 46.9 Å². The van der Waals surface area contributed by atoms with E-state index in [1.807, 2.05) is 18.2 Å². The maximum absolute atomic E-state index is 12.6. The summed E-state index contributed by atoms with van der Waals surface area (Å²) in [6.07, 6.45) is 5.51. The van der Waals surface area contributed by atoms with E-state index in [2.05, 4.69) is 20.6 Å². The van der Waals surface area contributed by atoms with Gasteiger partial charge in [-0.15, -0.1) is 11.6 Å². The summed E-state index contributed by atoms with van der Waals surface area (Å²) in [5.74, 6) is 0.907. The molecule has 9 nitrogen and oxygen atoms in total. The Morgan fingerprint density at radius 3 is 2.75 bits per heavy atom. The summed E-state index contributed by atoms with van der Waals surface area (Å²) in [4.78, 5) is 28.3. The van der Waals surface area contributed by atoms with Gasteiger partial charge in [-0.05, 0) is 43.7 Å². The fraction of sp³-hybridized carbons (Fsp3) is 0.524. The average molecular weight is 480 g/mol. The first kappa shape index (κ1) is 23.0. The van der Waals surface area contributed by atoms with Crippen LogP contribution in [0.1, 0.15) is 41.7 Å². The number of alkyl halides is 1. The van der Waals surface area contributed by atoms with Crippen molar-refractivity contribution in [1.82, 2.24) is 24.7 Å². The fourth-order valence-corrected chi connectivity index (χ4v) is 4.88. The number of nitrogens with zero attached hydrogens (tertiary/aromatic N) is 5. The van der Waals surface area contributed by atoms with Gasteiger partial charge in [0, 0.05) is 25.3 Å². The van der Waals surface area contributed by atoms with Crippen molar-refractivity contribution < 1.29 is 9.53 Å². The number of pyridine rings is 1. The molecule has 2 N–H and O–H groups in total. The van der Waals surface area contributed by atoms with Crippen molar-refractivity contribution in [1.29, 1.82) is 0 Å². The van der Waals surface area contributed by atoms with Crippen LogP contribution in [0, 0.1) is 6.92 Å². The van der Waals surface area contributed by atoms with E-state index < -0.39 is 17.6 Å². The molecule has 11 heteroatoms. The van der Waals surface area contributed by atoms with Crippen molar-refractivity contribution in [2.45, 2.75) is 50.3 Å². The number of halogens is 2. The second-order valence-electron chi connectivity index (χ2n) is 7.90. The van der Waals surface area contributed by atoms with Crippen LogP contribution in [0.2, 0.25) is 0 Å². The lowest BCUT2D eigenvalue weighted by Crippen LogP contribution is -2.59. The maximum atomic E-state index is 12.6. The van der Waals surface area contributed by atoms with Gasteiger partial charge in [0.15, 0.2) is 0 Å². The molecule has 0 radical (unpaired) electrons. The summed E-state index contributed by atoms with van der Waals surface area (Å²) in [5, 5.41) is 6.68. The van der Waals surface area contributed by atoms with Gasteiger partial charge >= 0.3 is 5.97 Å². The second-order valence-corrected chi connectivity index (χ2v) is 8.81. The molecule has 4 rings (SSSR count). The highest BCUT2D eigenvalue weighted by Gasteiger charge is 2.38. The van der Waals surface area contributed by atoms with E-state index >= 15 is 0 Å². The van der Waals surface area contributed by atoms with Gasteiger partial charge in [-0.3, -0.25) is 10.2 Å². The van der Waals surface area contributed by atoms with Crippen LogP contribution in [-0.4, -0.2) is 63.2 Å². The number of methoxy groups -OCH3 is 1. The van der Waals surface area contributed by atoms with Crippen LogP contribution >= 0.6 is 23.4 Å². The molecule has 2 unspecified atom stereocenters. The van der Waals surface area contributed by atoms with Crippen LogP contribution < -0.4 is 15.5 Å². The third kappa shape index (κ3) is 4.76. The number of hydrogen-bond donors (Lipinski definition) is 2. The van der Waals surface area contributed by atoms with Crippen LogP contribution in [0.4, 0.5) is 17.6 Å². The Bertz CT molecular complexity index is 933. The zero-order valence-corrected chi connectivity index (χ0v) is 19.6. The predicted octanol–water partition coefficient (Wildman–Crippen LogP) is 3.41. The summed E-state index contributed by atoms with van der Waals surface area (Å²) in [6, 6.07) is 5.79. The molecule has 0 aromatic carbocycles. The summed E-state index contributed by atoms with van der Waals surface area (Å²) in [7, 11) is 1.35. The molecule has 0 bridgehead atoms. The van der Waals surface area contributed by atoms with E-state index in [4.69, 9.17) is 33.1 Å². The largest absolute Gasteiger partial charge is 0.465 e. The molecular weight excluding hydrogens is 453 g/mol. The molecule has 172 valence electrons. The number of esters is 1. The smallest absolute Gasteiger partial charge is 0.343 e. The highest BCUT2D eigenvalue weighted by Crippen LogP contribution is 2.33. The highest BCUT2D eigenvalue weighted by atomic mass is 35.5. The Morgan fingerprint density at radius 2 is 2.09 bits per heavy atom. The van der Waals surface area contributed by atoms with E-state index in [9.17, 15) is 4.79 Å². The van der Waals surface area contributed by atoms with Crippen LogP contribution in [0.3, 0.4) is 0 Å². The van der Waals surface area contributed by atoms with Gasteiger partial charge in [0.05, 0.1) is 12.8 Å². The van der Waals surface area contributed by atoms with Gasteiger partial charge in [-0.2, -0.15) is 9.40 Å². The number of carbonyl (C=O) groups is 1. The molecule has 2 aromatic rings. The van der Waals surface area contributed by atoms with Gasteiger partial charge in [-0.25, -0.2) is 14.8 Å². The molecule has 0 spiro atoms. The monoisotopic (exact) mass is 479 g/mol. The van der Waals surface area contributed by atoms with E-state index in [-0.39, 0.29) is 6.04 Å².